The molecule has 2 aromatic heterocycles. The molecule has 5 rings (SSSR count). The predicted octanol–water partition coefficient (Wildman–Crippen LogP) is 4.67. The van der Waals surface area contributed by atoms with Crippen LogP contribution in [-0.4, -0.2) is 40.3 Å². The van der Waals surface area contributed by atoms with Gasteiger partial charge in [0.25, 0.3) is 0 Å². The smallest absolute Gasteiger partial charge is 0.226 e. The third-order valence-electron chi connectivity index (χ3n) is 6.10. The van der Waals surface area contributed by atoms with E-state index in [0.29, 0.717) is 12.2 Å². The number of hydrogen-bond donors (Lipinski definition) is 0. The summed E-state index contributed by atoms with van der Waals surface area (Å²) in [5.74, 6) is 2.27. The van der Waals surface area contributed by atoms with E-state index in [0.717, 1.165) is 35.8 Å². The van der Waals surface area contributed by atoms with Crippen molar-refractivity contribution < 1.29 is 9.47 Å². The van der Waals surface area contributed by atoms with Gasteiger partial charge in [0.1, 0.15) is 5.52 Å². The maximum Gasteiger partial charge on any atom is 0.226 e. The number of methoxy groups -OCH3 is 2. The van der Waals surface area contributed by atoms with E-state index in [4.69, 9.17) is 21.1 Å². The third-order valence-corrected chi connectivity index (χ3v) is 6.27. The van der Waals surface area contributed by atoms with Crippen molar-refractivity contribution in [1.29, 1.82) is 0 Å². The van der Waals surface area contributed by atoms with Gasteiger partial charge in [0, 0.05) is 13.1 Å². The largest absolute Gasteiger partial charge is 0.493 e. The molecule has 0 radical (unpaired) electrons. The van der Waals surface area contributed by atoms with Crippen molar-refractivity contribution in [1.82, 2.24) is 19.5 Å². The number of ether oxygens (including phenoxy) is 2. The quantitative estimate of drug-likeness (QED) is 0.412. The summed E-state index contributed by atoms with van der Waals surface area (Å²) < 4.78 is 13.1. The molecule has 32 heavy (non-hydrogen) atoms. The Hall–Kier alpha value is -3.32. The van der Waals surface area contributed by atoms with Gasteiger partial charge in [-0.1, -0.05) is 30.3 Å². The van der Waals surface area contributed by atoms with Gasteiger partial charge in [-0.2, -0.15) is 9.97 Å². The lowest BCUT2D eigenvalue weighted by Crippen LogP contribution is -2.31. The van der Waals surface area contributed by atoms with Crippen LogP contribution in [0.2, 0.25) is 5.28 Å². The Morgan fingerprint density at radius 1 is 1.00 bits per heavy atom. The maximum atomic E-state index is 6.30. The van der Waals surface area contributed by atoms with Gasteiger partial charge in [0.05, 0.1) is 26.6 Å². The van der Waals surface area contributed by atoms with Crippen molar-refractivity contribution in [2.24, 2.45) is 0 Å². The van der Waals surface area contributed by atoms with Crippen LogP contribution in [0, 0.1) is 0 Å². The number of halogens is 1. The molecule has 0 spiro atoms. The van der Waals surface area contributed by atoms with Crippen LogP contribution in [0.5, 0.6) is 11.5 Å². The number of anilines is 1. The Bertz CT molecular complexity index is 1270. The normalized spacial score (nSPS) is 14.3. The minimum Gasteiger partial charge on any atom is -0.493 e. The highest BCUT2D eigenvalue weighted by Gasteiger charge is 2.25. The van der Waals surface area contributed by atoms with Crippen molar-refractivity contribution >= 4 is 28.6 Å². The van der Waals surface area contributed by atoms with Gasteiger partial charge in [0.2, 0.25) is 5.28 Å². The van der Waals surface area contributed by atoms with Gasteiger partial charge >= 0.3 is 0 Å². The van der Waals surface area contributed by atoms with Crippen molar-refractivity contribution in [2.45, 2.75) is 25.9 Å². The highest BCUT2D eigenvalue weighted by Crippen LogP contribution is 2.36. The molecule has 1 atom stereocenters. The zero-order chi connectivity index (χ0) is 22.2. The third kappa shape index (κ3) is 3.52. The van der Waals surface area contributed by atoms with Gasteiger partial charge in [0.15, 0.2) is 23.0 Å². The van der Waals surface area contributed by atoms with Gasteiger partial charge in [-0.15, -0.1) is 0 Å². The number of aromatic nitrogens is 4. The summed E-state index contributed by atoms with van der Waals surface area (Å²) in [7, 11) is 3.32. The Balaban J connectivity index is 1.58. The first-order valence-electron chi connectivity index (χ1n) is 10.5. The standard InChI is InChI=1S/C24H24ClN5O2/c1-15(16-7-5-4-6-8-16)30-14-26-22-21(30)23(28-24(25)27-22)29-10-9-17-11-19(31-2)20(32-3)12-18(17)13-29/h4-8,11-12,14-15H,9-10,13H2,1-3H3. The Kier molecular flexibility index (Phi) is 5.35. The van der Waals surface area contributed by atoms with E-state index >= 15 is 0 Å². The Morgan fingerprint density at radius 2 is 1.72 bits per heavy atom. The van der Waals surface area contributed by atoms with Gasteiger partial charge in [-0.05, 0) is 53.8 Å². The minimum atomic E-state index is 0.0751. The lowest BCUT2D eigenvalue weighted by atomic mass is 9.98. The fourth-order valence-electron chi connectivity index (χ4n) is 4.37. The molecule has 1 aliphatic rings. The minimum absolute atomic E-state index is 0.0751. The van der Waals surface area contributed by atoms with E-state index in [1.807, 2.05) is 30.6 Å². The average Bonchev–Trinajstić information content (AvgIpc) is 3.26. The highest BCUT2D eigenvalue weighted by atomic mass is 35.5. The number of hydrogen-bond acceptors (Lipinski definition) is 6. The second kappa shape index (κ2) is 8.31. The number of fused-ring (bicyclic) bond motifs is 2. The molecule has 7 nitrogen and oxygen atoms in total. The van der Waals surface area contributed by atoms with E-state index in [1.165, 1.54) is 16.7 Å². The SMILES string of the molecule is COc1cc2c(cc1OC)CN(c1nc(Cl)nc3ncn(C(C)c4ccccc4)c13)CC2. The van der Waals surface area contributed by atoms with Crippen LogP contribution in [0.4, 0.5) is 5.82 Å². The first kappa shape index (κ1) is 20.6. The summed E-state index contributed by atoms with van der Waals surface area (Å²) >= 11 is 6.30. The Morgan fingerprint density at radius 3 is 2.44 bits per heavy atom. The maximum absolute atomic E-state index is 6.30. The van der Waals surface area contributed by atoms with Gasteiger partial charge in [-0.3, -0.25) is 0 Å². The zero-order valence-corrected chi connectivity index (χ0v) is 19.0. The molecular weight excluding hydrogens is 426 g/mol. The summed E-state index contributed by atoms with van der Waals surface area (Å²) in [6.07, 6.45) is 2.68. The molecule has 164 valence electrons. The van der Waals surface area contributed by atoms with Crippen LogP contribution in [0.15, 0.2) is 48.8 Å². The highest BCUT2D eigenvalue weighted by molar-refractivity contribution is 6.28. The van der Waals surface area contributed by atoms with Crippen LogP contribution < -0.4 is 14.4 Å². The van der Waals surface area contributed by atoms with E-state index in [1.54, 1.807) is 14.2 Å². The topological polar surface area (TPSA) is 65.3 Å². The molecule has 2 aromatic carbocycles. The van der Waals surface area contributed by atoms with Crippen LogP contribution in [-0.2, 0) is 13.0 Å². The molecule has 1 aliphatic heterocycles. The van der Waals surface area contributed by atoms with Crippen molar-refractivity contribution in [3.8, 4) is 11.5 Å². The molecule has 4 aromatic rings. The lowest BCUT2D eigenvalue weighted by molar-refractivity contribution is 0.353. The molecule has 0 N–H and O–H groups in total. The first-order valence-corrected chi connectivity index (χ1v) is 10.9. The lowest BCUT2D eigenvalue weighted by Gasteiger charge is -2.31. The fourth-order valence-corrected chi connectivity index (χ4v) is 4.53. The number of rotatable bonds is 5. The summed E-state index contributed by atoms with van der Waals surface area (Å²) in [5, 5.41) is 0.197. The van der Waals surface area contributed by atoms with Crippen molar-refractivity contribution in [3.63, 3.8) is 0 Å². The Labute approximate surface area is 191 Å². The first-order chi connectivity index (χ1) is 15.6. The fraction of sp³-hybridized carbons (Fsp3) is 0.292. The molecule has 8 heteroatoms. The van der Waals surface area contributed by atoms with Crippen LogP contribution in [0.3, 0.4) is 0 Å². The average molecular weight is 450 g/mol. The molecule has 0 saturated heterocycles. The van der Waals surface area contributed by atoms with Gasteiger partial charge < -0.3 is 18.9 Å². The summed E-state index contributed by atoms with van der Waals surface area (Å²) in [6, 6.07) is 14.5. The molecule has 0 fully saturated rings. The second-order valence-electron chi connectivity index (χ2n) is 7.87. The summed E-state index contributed by atoms with van der Waals surface area (Å²) in [6.45, 7) is 3.64. The zero-order valence-electron chi connectivity index (χ0n) is 18.2. The molecule has 0 aliphatic carbocycles. The number of benzene rings is 2. The molecule has 3 heterocycles. The van der Waals surface area contributed by atoms with E-state index in [2.05, 4.69) is 49.5 Å². The number of imidazole rings is 1. The molecule has 0 amide bonds. The van der Waals surface area contributed by atoms with Crippen LogP contribution >= 0.6 is 11.6 Å². The van der Waals surface area contributed by atoms with Crippen LogP contribution in [0.25, 0.3) is 11.2 Å². The van der Waals surface area contributed by atoms with E-state index < -0.39 is 0 Å². The predicted molar refractivity (Wildman–Crippen MR) is 125 cm³/mol. The number of nitrogens with zero attached hydrogens (tertiary/aromatic N) is 5. The van der Waals surface area contributed by atoms with E-state index in [9.17, 15) is 0 Å². The summed E-state index contributed by atoms with van der Waals surface area (Å²) in [4.78, 5) is 15.8. The second-order valence-corrected chi connectivity index (χ2v) is 8.21. The van der Waals surface area contributed by atoms with E-state index in [-0.39, 0.29) is 11.3 Å². The molecule has 1 unspecified atom stereocenters. The molecular formula is C24H24ClN5O2. The van der Waals surface area contributed by atoms with Crippen LogP contribution in [0.1, 0.15) is 29.7 Å². The summed E-state index contributed by atoms with van der Waals surface area (Å²) in [5.41, 5.74) is 5.10. The van der Waals surface area contributed by atoms with Gasteiger partial charge in [-0.25, -0.2) is 4.98 Å². The molecule has 0 bridgehead atoms. The van der Waals surface area contributed by atoms with Crippen molar-refractivity contribution in [3.05, 3.63) is 70.8 Å². The molecule has 0 saturated carbocycles. The monoisotopic (exact) mass is 449 g/mol. The van der Waals surface area contributed by atoms with Crippen molar-refractivity contribution in [2.75, 3.05) is 25.7 Å².